The maximum atomic E-state index is 12.4. The number of pyridine rings is 1. The monoisotopic (exact) mass is 401 g/mol. The highest BCUT2D eigenvalue weighted by molar-refractivity contribution is 7.99. The Labute approximate surface area is 167 Å². The zero-order valence-electron chi connectivity index (χ0n) is 16.2. The number of aromatic amines is 2. The van der Waals surface area contributed by atoms with Crippen LogP contribution in [-0.2, 0) is 0 Å². The summed E-state index contributed by atoms with van der Waals surface area (Å²) in [4.78, 5) is 36.6. The van der Waals surface area contributed by atoms with Crippen LogP contribution in [0.4, 0.5) is 0 Å². The fourth-order valence-electron chi connectivity index (χ4n) is 4.09. The molecule has 3 aromatic rings. The van der Waals surface area contributed by atoms with Crippen LogP contribution in [0.5, 0.6) is 0 Å². The lowest BCUT2D eigenvalue weighted by molar-refractivity contribution is 0.351. The lowest BCUT2D eigenvalue weighted by Crippen LogP contribution is -2.33. The van der Waals surface area contributed by atoms with Crippen molar-refractivity contribution in [3.63, 3.8) is 0 Å². The van der Waals surface area contributed by atoms with Crippen LogP contribution >= 0.6 is 11.8 Å². The second-order valence-electron chi connectivity index (χ2n) is 7.60. The van der Waals surface area contributed by atoms with E-state index >= 15 is 0 Å². The van der Waals surface area contributed by atoms with Gasteiger partial charge in [0.05, 0.1) is 10.9 Å². The summed E-state index contributed by atoms with van der Waals surface area (Å²) in [5.41, 5.74) is 0.740. The molecule has 2 aliphatic rings. The summed E-state index contributed by atoms with van der Waals surface area (Å²) in [5, 5.41) is 1.31. The van der Waals surface area contributed by atoms with Crippen LogP contribution in [0.15, 0.2) is 28.0 Å². The second-order valence-corrected chi connectivity index (χ2v) is 8.82. The first-order valence-electron chi connectivity index (χ1n) is 10.0. The minimum absolute atomic E-state index is 0.158. The lowest BCUT2D eigenvalue weighted by Gasteiger charge is -2.25. The third-order valence-electron chi connectivity index (χ3n) is 5.66. The van der Waals surface area contributed by atoms with E-state index in [-0.39, 0.29) is 17.3 Å². The molecule has 1 saturated carbocycles. The first kappa shape index (κ1) is 19.3. The predicted octanol–water partition coefficient (Wildman–Crippen LogP) is 2.74. The summed E-state index contributed by atoms with van der Waals surface area (Å²) in [6, 6.07) is 2.04. The van der Waals surface area contributed by atoms with Crippen LogP contribution in [0, 0.1) is 0 Å². The SMILES string of the molecule is CN1CCSCC1.O=c1[nH]c(=O)n(C2CCCCC2)c2c1cnc1[nH]ccc12. The summed E-state index contributed by atoms with van der Waals surface area (Å²) >= 11 is 2.06. The van der Waals surface area contributed by atoms with Gasteiger partial charge in [0.1, 0.15) is 5.65 Å². The van der Waals surface area contributed by atoms with Crippen molar-refractivity contribution in [2.24, 2.45) is 0 Å². The second kappa shape index (κ2) is 8.53. The van der Waals surface area contributed by atoms with E-state index < -0.39 is 0 Å². The topological polar surface area (TPSA) is 86.8 Å². The van der Waals surface area contributed by atoms with Crippen LogP contribution in [0.3, 0.4) is 0 Å². The highest BCUT2D eigenvalue weighted by Gasteiger charge is 2.21. The van der Waals surface area contributed by atoms with Crippen molar-refractivity contribution in [2.75, 3.05) is 31.6 Å². The van der Waals surface area contributed by atoms with Gasteiger partial charge in [-0.15, -0.1) is 0 Å². The highest BCUT2D eigenvalue weighted by atomic mass is 32.2. The standard InChI is InChI=1S/C15H16N4O2.C5H11NS/c20-14-11-8-17-13-10(6-7-16-13)12(11)19(15(21)18-14)9-4-2-1-3-5-9;1-6-2-4-7-5-3-6/h6-9H,1-5H2,(H,16,17)(H,18,20,21);2-5H2,1H3. The van der Waals surface area contributed by atoms with Gasteiger partial charge in [-0.3, -0.25) is 14.3 Å². The Bertz CT molecular complexity index is 1060. The number of nitrogens with one attached hydrogen (secondary N) is 2. The van der Waals surface area contributed by atoms with Gasteiger partial charge in [-0.2, -0.15) is 11.8 Å². The van der Waals surface area contributed by atoms with Crippen molar-refractivity contribution in [2.45, 2.75) is 38.1 Å². The summed E-state index contributed by atoms with van der Waals surface area (Å²) in [6.07, 6.45) is 8.76. The van der Waals surface area contributed by atoms with Crippen LogP contribution < -0.4 is 11.2 Å². The first-order chi connectivity index (χ1) is 13.6. The van der Waals surface area contributed by atoms with E-state index in [1.807, 2.05) is 6.07 Å². The fourth-order valence-corrected chi connectivity index (χ4v) is 5.17. The fraction of sp³-hybridized carbons (Fsp3) is 0.550. The Hall–Kier alpha value is -2.06. The molecule has 1 aliphatic carbocycles. The molecule has 2 N–H and O–H groups in total. The summed E-state index contributed by atoms with van der Waals surface area (Å²) in [6.45, 7) is 2.56. The van der Waals surface area contributed by atoms with Gasteiger partial charge in [-0.05, 0) is 26.0 Å². The van der Waals surface area contributed by atoms with Gasteiger partial charge in [0.25, 0.3) is 5.56 Å². The van der Waals surface area contributed by atoms with Crippen LogP contribution in [0.2, 0.25) is 0 Å². The van der Waals surface area contributed by atoms with E-state index in [0.717, 1.165) is 31.1 Å². The molecule has 0 radical (unpaired) electrons. The minimum Gasteiger partial charge on any atom is -0.346 e. The average Bonchev–Trinajstić information content (AvgIpc) is 3.19. The maximum absolute atomic E-state index is 12.4. The van der Waals surface area contributed by atoms with Gasteiger partial charge in [0.15, 0.2) is 0 Å². The molecule has 150 valence electrons. The van der Waals surface area contributed by atoms with Crippen LogP contribution in [-0.4, -0.2) is 56.1 Å². The normalized spacial score (nSPS) is 18.9. The number of hydrogen-bond acceptors (Lipinski definition) is 5. The minimum atomic E-state index is -0.363. The van der Waals surface area contributed by atoms with E-state index in [0.29, 0.717) is 16.6 Å². The van der Waals surface area contributed by atoms with Gasteiger partial charge in [-0.1, -0.05) is 19.3 Å². The average molecular weight is 402 g/mol. The molecule has 5 rings (SSSR count). The number of hydrogen-bond donors (Lipinski definition) is 2. The van der Waals surface area contributed by atoms with Crippen molar-refractivity contribution < 1.29 is 0 Å². The Morgan fingerprint density at radius 1 is 1.11 bits per heavy atom. The van der Waals surface area contributed by atoms with Crippen molar-refractivity contribution in [1.29, 1.82) is 0 Å². The molecule has 1 aliphatic heterocycles. The zero-order chi connectivity index (χ0) is 19.5. The third kappa shape index (κ3) is 3.89. The Balaban J connectivity index is 0.000000233. The number of nitrogens with zero attached hydrogens (tertiary/aromatic N) is 3. The van der Waals surface area contributed by atoms with Crippen molar-refractivity contribution in [3.8, 4) is 0 Å². The Morgan fingerprint density at radius 2 is 1.86 bits per heavy atom. The number of fused-ring (bicyclic) bond motifs is 3. The molecule has 1 saturated heterocycles. The molecule has 28 heavy (non-hydrogen) atoms. The predicted molar refractivity (Wildman–Crippen MR) is 115 cm³/mol. The molecule has 7 nitrogen and oxygen atoms in total. The quantitative estimate of drug-likeness (QED) is 0.655. The molecule has 0 unspecified atom stereocenters. The number of aromatic nitrogens is 4. The zero-order valence-corrected chi connectivity index (χ0v) is 17.1. The van der Waals surface area contributed by atoms with Gasteiger partial charge in [0, 0.05) is 48.4 Å². The van der Waals surface area contributed by atoms with Gasteiger partial charge in [-0.25, -0.2) is 9.78 Å². The Kier molecular flexibility index (Phi) is 5.87. The van der Waals surface area contributed by atoms with E-state index in [9.17, 15) is 9.59 Å². The van der Waals surface area contributed by atoms with Crippen molar-refractivity contribution in [3.05, 3.63) is 39.3 Å². The first-order valence-corrected chi connectivity index (χ1v) is 11.2. The lowest BCUT2D eigenvalue weighted by atomic mass is 9.95. The molecular formula is C20H27N5O2S. The summed E-state index contributed by atoms with van der Waals surface area (Å²) in [7, 11) is 2.18. The third-order valence-corrected chi connectivity index (χ3v) is 6.60. The molecule has 4 heterocycles. The number of thioether (sulfide) groups is 1. The molecule has 2 fully saturated rings. The molecule has 0 amide bonds. The van der Waals surface area contributed by atoms with Gasteiger partial charge < -0.3 is 9.88 Å². The maximum Gasteiger partial charge on any atom is 0.329 e. The molecule has 0 atom stereocenters. The number of rotatable bonds is 1. The van der Waals surface area contributed by atoms with E-state index in [4.69, 9.17) is 0 Å². The molecule has 3 aromatic heterocycles. The highest BCUT2D eigenvalue weighted by Crippen LogP contribution is 2.30. The van der Waals surface area contributed by atoms with E-state index in [1.165, 1.54) is 31.0 Å². The molecule has 0 aromatic carbocycles. The molecule has 0 bridgehead atoms. The number of H-pyrrole nitrogens is 2. The van der Waals surface area contributed by atoms with Crippen LogP contribution in [0.25, 0.3) is 21.9 Å². The van der Waals surface area contributed by atoms with Crippen molar-refractivity contribution >= 4 is 33.7 Å². The molecular weight excluding hydrogens is 374 g/mol. The Morgan fingerprint density at radius 3 is 2.54 bits per heavy atom. The smallest absolute Gasteiger partial charge is 0.329 e. The van der Waals surface area contributed by atoms with Crippen LogP contribution in [0.1, 0.15) is 38.1 Å². The van der Waals surface area contributed by atoms with Crippen molar-refractivity contribution in [1.82, 2.24) is 24.4 Å². The van der Waals surface area contributed by atoms with E-state index in [2.05, 4.69) is 38.7 Å². The van der Waals surface area contributed by atoms with Gasteiger partial charge in [0.2, 0.25) is 0 Å². The largest absolute Gasteiger partial charge is 0.346 e. The van der Waals surface area contributed by atoms with E-state index in [1.54, 1.807) is 17.0 Å². The molecule has 8 heteroatoms. The summed E-state index contributed by atoms with van der Waals surface area (Å²) < 4.78 is 1.77. The van der Waals surface area contributed by atoms with Gasteiger partial charge >= 0.3 is 5.69 Å². The summed E-state index contributed by atoms with van der Waals surface area (Å²) in [5.74, 6) is 2.66. The molecule has 0 spiro atoms.